The molecule has 0 aliphatic carbocycles. The van der Waals surface area contributed by atoms with Gasteiger partial charge in [0.15, 0.2) is 5.11 Å². The predicted octanol–water partition coefficient (Wildman–Crippen LogP) is 2.26. The van der Waals surface area contributed by atoms with Gasteiger partial charge in [-0.25, -0.2) is 4.79 Å². The van der Waals surface area contributed by atoms with E-state index in [0.29, 0.717) is 17.0 Å². The molecule has 0 saturated carbocycles. The van der Waals surface area contributed by atoms with E-state index in [9.17, 15) is 9.59 Å². The first-order valence-electron chi connectivity index (χ1n) is 6.54. The van der Waals surface area contributed by atoms with Crippen molar-refractivity contribution < 1.29 is 19.4 Å². The van der Waals surface area contributed by atoms with Gasteiger partial charge in [-0.15, -0.1) is 0 Å². The molecule has 0 unspecified atom stereocenters. The Morgan fingerprint density at radius 2 is 2.05 bits per heavy atom. The molecule has 0 atom stereocenters. The van der Waals surface area contributed by atoms with Crippen LogP contribution in [-0.4, -0.2) is 29.2 Å². The molecule has 0 radical (unpaired) electrons. The standard InChI is InChI=1S/C15H18N2O4S/c1-9(2)14(20)17-15(22)16-11-8-10(5-7-13(18)19)4-6-12(11)21-3/h4-9H,1-3H3,(H,18,19)(H2,16,17,20,22)/b7-5+. The summed E-state index contributed by atoms with van der Waals surface area (Å²) in [5.41, 5.74) is 1.19. The van der Waals surface area contributed by atoms with Gasteiger partial charge in [0.2, 0.25) is 5.91 Å². The lowest BCUT2D eigenvalue weighted by atomic mass is 10.1. The summed E-state index contributed by atoms with van der Waals surface area (Å²) in [7, 11) is 1.50. The van der Waals surface area contributed by atoms with Gasteiger partial charge in [0.25, 0.3) is 0 Å². The molecule has 0 fully saturated rings. The first-order valence-corrected chi connectivity index (χ1v) is 6.95. The maximum Gasteiger partial charge on any atom is 0.328 e. The second kappa shape index (κ2) is 8.14. The van der Waals surface area contributed by atoms with Crippen LogP contribution in [0.4, 0.5) is 5.69 Å². The normalized spacial score (nSPS) is 10.5. The van der Waals surface area contributed by atoms with Gasteiger partial charge in [-0.05, 0) is 36.0 Å². The Morgan fingerprint density at radius 3 is 2.59 bits per heavy atom. The van der Waals surface area contributed by atoms with Crippen molar-refractivity contribution in [3.63, 3.8) is 0 Å². The smallest absolute Gasteiger partial charge is 0.328 e. The number of rotatable bonds is 5. The van der Waals surface area contributed by atoms with Gasteiger partial charge >= 0.3 is 5.97 Å². The Hall–Kier alpha value is -2.41. The first-order chi connectivity index (χ1) is 10.3. The Balaban J connectivity index is 2.91. The van der Waals surface area contributed by atoms with Crippen molar-refractivity contribution >= 4 is 41.0 Å². The number of hydrogen-bond acceptors (Lipinski definition) is 4. The highest BCUT2D eigenvalue weighted by Gasteiger charge is 2.11. The minimum Gasteiger partial charge on any atom is -0.495 e. The predicted molar refractivity (Wildman–Crippen MR) is 88.9 cm³/mol. The number of aliphatic carboxylic acids is 1. The molecule has 7 heteroatoms. The van der Waals surface area contributed by atoms with Crippen molar-refractivity contribution in [3.8, 4) is 5.75 Å². The summed E-state index contributed by atoms with van der Waals surface area (Å²) < 4.78 is 5.20. The quantitative estimate of drug-likeness (QED) is 0.569. The van der Waals surface area contributed by atoms with E-state index in [2.05, 4.69) is 10.6 Å². The summed E-state index contributed by atoms with van der Waals surface area (Å²) in [6.07, 6.45) is 2.48. The van der Waals surface area contributed by atoms with Crippen LogP contribution >= 0.6 is 12.2 Å². The fraction of sp³-hybridized carbons (Fsp3) is 0.267. The molecule has 118 valence electrons. The SMILES string of the molecule is COc1ccc(/C=C/C(=O)O)cc1NC(=S)NC(=O)C(C)C. The van der Waals surface area contributed by atoms with Gasteiger partial charge in [0.05, 0.1) is 12.8 Å². The fourth-order valence-electron chi connectivity index (χ4n) is 1.50. The second-order valence-electron chi connectivity index (χ2n) is 4.73. The molecule has 0 aromatic heterocycles. The van der Waals surface area contributed by atoms with Gasteiger partial charge in [-0.3, -0.25) is 4.79 Å². The van der Waals surface area contributed by atoms with Crippen LogP contribution in [0, 0.1) is 5.92 Å². The number of hydrogen-bond donors (Lipinski definition) is 3. The van der Waals surface area contributed by atoms with Crippen LogP contribution in [0.15, 0.2) is 24.3 Å². The summed E-state index contributed by atoms with van der Waals surface area (Å²) >= 11 is 5.08. The monoisotopic (exact) mass is 322 g/mol. The molecule has 22 heavy (non-hydrogen) atoms. The zero-order valence-electron chi connectivity index (χ0n) is 12.5. The highest BCUT2D eigenvalue weighted by Crippen LogP contribution is 2.26. The molecule has 0 heterocycles. The molecule has 0 spiro atoms. The van der Waals surface area contributed by atoms with Crippen molar-refractivity contribution in [3.05, 3.63) is 29.8 Å². The number of amides is 1. The van der Waals surface area contributed by atoms with Crippen molar-refractivity contribution in [2.45, 2.75) is 13.8 Å². The van der Waals surface area contributed by atoms with E-state index < -0.39 is 5.97 Å². The van der Waals surface area contributed by atoms with Gasteiger partial charge in [-0.2, -0.15) is 0 Å². The van der Waals surface area contributed by atoms with E-state index in [1.807, 2.05) is 0 Å². The van der Waals surface area contributed by atoms with E-state index in [4.69, 9.17) is 22.1 Å². The van der Waals surface area contributed by atoms with Crippen LogP contribution in [0.1, 0.15) is 19.4 Å². The highest BCUT2D eigenvalue weighted by atomic mass is 32.1. The average Bonchev–Trinajstić information content (AvgIpc) is 2.45. The summed E-state index contributed by atoms with van der Waals surface area (Å²) in [6.45, 7) is 3.52. The van der Waals surface area contributed by atoms with Crippen LogP contribution in [0.3, 0.4) is 0 Å². The Bertz CT molecular complexity index is 612. The number of carbonyl (C=O) groups excluding carboxylic acids is 1. The van der Waals surface area contributed by atoms with Gasteiger partial charge in [-0.1, -0.05) is 19.9 Å². The number of carboxylic acids is 1. The molecule has 1 aromatic rings. The maximum absolute atomic E-state index is 11.6. The lowest BCUT2D eigenvalue weighted by Crippen LogP contribution is -2.36. The zero-order valence-corrected chi connectivity index (χ0v) is 13.4. The van der Waals surface area contributed by atoms with E-state index in [1.165, 1.54) is 13.2 Å². The first kappa shape index (κ1) is 17.6. The molecular formula is C15H18N2O4S. The summed E-state index contributed by atoms with van der Waals surface area (Å²) in [4.78, 5) is 22.1. The lowest BCUT2D eigenvalue weighted by molar-refractivity contribution is -0.131. The van der Waals surface area contributed by atoms with Gasteiger partial charge in [0.1, 0.15) is 5.75 Å². The molecule has 0 bridgehead atoms. The van der Waals surface area contributed by atoms with Crippen molar-refractivity contribution in [1.82, 2.24) is 5.32 Å². The molecule has 0 aliphatic heterocycles. The minimum atomic E-state index is -1.04. The Morgan fingerprint density at radius 1 is 1.36 bits per heavy atom. The number of carboxylic acid groups (broad SMARTS) is 1. The number of anilines is 1. The largest absolute Gasteiger partial charge is 0.495 e. The van der Waals surface area contributed by atoms with Crippen LogP contribution in [0.2, 0.25) is 0 Å². The summed E-state index contributed by atoms with van der Waals surface area (Å²) in [5, 5.41) is 14.2. The molecule has 1 amide bonds. The molecule has 3 N–H and O–H groups in total. The Kier molecular flexibility index (Phi) is 6.52. The average molecular weight is 322 g/mol. The lowest BCUT2D eigenvalue weighted by Gasteiger charge is -2.14. The van der Waals surface area contributed by atoms with E-state index in [1.54, 1.807) is 32.0 Å². The van der Waals surface area contributed by atoms with Crippen LogP contribution in [-0.2, 0) is 9.59 Å². The molecular weight excluding hydrogens is 304 g/mol. The third kappa shape index (κ3) is 5.53. The number of methoxy groups -OCH3 is 1. The number of nitrogens with one attached hydrogen (secondary N) is 2. The van der Waals surface area contributed by atoms with Crippen LogP contribution in [0.25, 0.3) is 6.08 Å². The third-order valence-electron chi connectivity index (χ3n) is 2.65. The topological polar surface area (TPSA) is 87.7 Å². The number of ether oxygens (including phenoxy) is 1. The molecule has 1 aromatic carbocycles. The second-order valence-corrected chi connectivity index (χ2v) is 5.14. The summed E-state index contributed by atoms with van der Waals surface area (Å²) in [6, 6.07) is 5.06. The van der Waals surface area contributed by atoms with Crippen LogP contribution in [0.5, 0.6) is 5.75 Å². The zero-order chi connectivity index (χ0) is 16.7. The summed E-state index contributed by atoms with van der Waals surface area (Å²) in [5.74, 6) is -0.899. The van der Waals surface area contributed by atoms with Crippen molar-refractivity contribution in [1.29, 1.82) is 0 Å². The van der Waals surface area contributed by atoms with Gasteiger partial charge in [0, 0.05) is 12.0 Å². The fourth-order valence-corrected chi connectivity index (χ4v) is 1.71. The third-order valence-corrected chi connectivity index (χ3v) is 2.86. The molecule has 0 aliphatic rings. The molecule has 1 rings (SSSR count). The molecule has 6 nitrogen and oxygen atoms in total. The van der Waals surface area contributed by atoms with Crippen molar-refractivity contribution in [2.24, 2.45) is 5.92 Å². The maximum atomic E-state index is 11.6. The number of thiocarbonyl (C=S) groups is 1. The van der Waals surface area contributed by atoms with Crippen LogP contribution < -0.4 is 15.4 Å². The van der Waals surface area contributed by atoms with E-state index in [-0.39, 0.29) is 16.9 Å². The minimum absolute atomic E-state index is 0.149. The van der Waals surface area contributed by atoms with E-state index >= 15 is 0 Å². The van der Waals surface area contributed by atoms with Crippen molar-refractivity contribution in [2.75, 3.05) is 12.4 Å². The van der Waals surface area contributed by atoms with E-state index in [0.717, 1.165) is 6.08 Å². The highest BCUT2D eigenvalue weighted by molar-refractivity contribution is 7.80. The number of carbonyl (C=O) groups is 2. The Labute approximate surface area is 134 Å². The molecule has 0 saturated heterocycles. The van der Waals surface area contributed by atoms with Gasteiger partial charge < -0.3 is 20.5 Å². The number of benzene rings is 1.